The van der Waals surface area contributed by atoms with Gasteiger partial charge in [0.15, 0.2) is 16.0 Å². The Kier molecular flexibility index (Phi) is 4.07. The number of sulfone groups is 1. The summed E-state index contributed by atoms with van der Waals surface area (Å²) in [6.07, 6.45) is 4.06. The van der Waals surface area contributed by atoms with Crippen LogP contribution in [-0.4, -0.2) is 31.3 Å². The number of nitrogens with one attached hydrogen (secondary N) is 2. The fourth-order valence-electron chi connectivity index (χ4n) is 5.12. The van der Waals surface area contributed by atoms with E-state index in [1.54, 1.807) is 24.4 Å². The van der Waals surface area contributed by atoms with Crippen LogP contribution in [0.3, 0.4) is 0 Å². The maximum absolute atomic E-state index is 13.4. The molecule has 5 rings (SSSR count). The molecule has 2 N–H and O–H groups in total. The first-order valence-corrected chi connectivity index (χ1v) is 12.0. The first-order chi connectivity index (χ1) is 14.2. The third-order valence-electron chi connectivity index (χ3n) is 6.65. The molecular weight excluding hydrogens is 400 g/mol. The van der Waals surface area contributed by atoms with Gasteiger partial charge in [-0.1, -0.05) is 19.1 Å². The lowest BCUT2D eigenvalue weighted by molar-refractivity contribution is -0.120. The van der Waals surface area contributed by atoms with E-state index in [4.69, 9.17) is 0 Å². The molecule has 0 radical (unpaired) electrons. The van der Waals surface area contributed by atoms with Crippen molar-refractivity contribution in [2.75, 3.05) is 0 Å². The summed E-state index contributed by atoms with van der Waals surface area (Å²) in [6.45, 7) is 6.02. The van der Waals surface area contributed by atoms with Gasteiger partial charge in [0.05, 0.1) is 27.3 Å². The summed E-state index contributed by atoms with van der Waals surface area (Å²) in [4.78, 5) is 13.7. The van der Waals surface area contributed by atoms with Gasteiger partial charge in [-0.3, -0.25) is 4.79 Å². The fraction of sp³-hybridized carbons (Fsp3) is 0.500. The summed E-state index contributed by atoms with van der Waals surface area (Å²) in [5.41, 5.74) is 2.06. The Balaban J connectivity index is 1.74. The van der Waals surface area contributed by atoms with Crippen LogP contribution in [0.1, 0.15) is 52.0 Å². The Morgan fingerprint density at radius 3 is 2.70 bits per heavy atom. The molecule has 1 amide bonds. The Hall–Kier alpha value is -2.48. The lowest BCUT2D eigenvalue weighted by Crippen LogP contribution is -2.58. The molecule has 2 atom stereocenters. The van der Waals surface area contributed by atoms with Crippen molar-refractivity contribution in [3.63, 3.8) is 0 Å². The molecule has 1 saturated carbocycles. The molecule has 158 valence electrons. The minimum Gasteiger partial charge on any atom is -0.362 e. The number of azo groups is 1. The summed E-state index contributed by atoms with van der Waals surface area (Å²) in [5, 5.41) is 14.7. The lowest BCUT2D eigenvalue weighted by atomic mass is 9.62. The molecule has 0 saturated heterocycles. The molecule has 30 heavy (non-hydrogen) atoms. The molecule has 0 aromatic heterocycles. The molecule has 1 aliphatic carbocycles. The minimum atomic E-state index is -3.34. The standard InChI is InChI=1S/C22H26N4O3S/c1-4-22(13-6-5-7-15(10-13)30(28,29)14-8-9-14)16-12-23-26-19(16)24-17-11-21(2,3)25-20(27)18(17)22/h5-7,10,12,14,19,24H,4,8-9,11H2,1-3H3,(H,25,27)/t19?,22-/m1/s1. The van der Waals surface area contributed by atoms with Gasteiger partial charge in [0.2, 0.25) is 0 Å². The van der Waals surface area contributed by atoms with Crippen molar-refractivity contribution in [2.24, 2.45) is 10.2 Å². The summed E-state index contributed by atoms with van der Waals surface area (Å²) < 4.78 is 25.9. The predicted molar refractivity (Wildman–Crippen MR) is 112 cm³/mol. The topological polar surface area (TPSA) is 100.0 Å². The molecule has 1 fully saturated rings. The van der Waals surface area contributed by atoms with Gasteiger partial charge in [-0.05, 0) is 50.8 Å². The van der Waals surface area contributed by atoms with Crippen LogP contribution in [0.4, 0.5) is 0 Å². The molecule has 4 aliphatic rings. The Labute approximate surface area is 176 Å². The van der Waals surface area contributed by atoms with Crippen LogP contribution in [0.15, 0.2) is 62.4 Å². The van der Waals surface area contributed by atoms with E-state index >= 15 is 0 Å². The number of fused-ring (bicyclic) bond motifs is 1. The summed E-state index contributed by atoms with van der Waals surface area (Å²) in [5.74, 6) is -0.127. The number of benzene rings is 1. The van der Waals surface area contributed by atoms with Crippen molar-refractivity contribution in [3.05, 3.63) is 52.9 Å². The molecule has 7 nitrogen and oxygen atoms in total. The first-order valence-electron chi connectivity index (χ1n) is 10.5. The van der Waals surface area contributed by atoms with Gasteiger partial charge in [0.1, 0.15) is 0 Å². The number of carbonyl (C=O) groups excluding carboxylic acids is 1. The van der Waals surface area contributed by atoms with E-state index in [0.717, 1.165) is 16.8 Å². The van der Waals surface area contributed by atoms with E-state index in [1.165, 1.54) is 0 Å². The van der Waals surface area contributed by atoms with E-state index in [9.17, 15) is 13.2 Å². The summed E-state index contributed by atoms with van der Waals surface area (Å²) in [6, 6.07) is 7.13. The Morgan fingerprint density at radius 1 is 1.23 bits per heavy atom. The van der Waals surface area contributed by atoms with Crippen LogP contribution in [0.25, 0.3) is 0 Å². The van der Waals surface area contributed by atoms with Crippen LogP contribution in [0.5, 0.6) is 0 Å². The predicted octanol–water partition coefficient (Wildman–Crippen LogP) is 3.10. The zero-order chi connectivity index (χ0) is 21.3. The Morgan fingerprint density at radius 2 is 2.00 bits per heavy atom. The van der Waals surface area contributed by atoms with Gasteiger partial charge in [-0.15, -0.1) is 0 Å². The second-order valence-electron chi connectivity index (χ2n) is 9.26. The number of rotatable bonds is 4. The molecule has 3 heterocycles. The van der Waals surface area contributed by atoms with Crippen molar-refractivity contribution in [1.82, 2.24) is 10.6 Å². The maximum Gasteiger partial charge on any atom is 0.250 e. The monoisotopic (exact) mass is 426 g/mol. The smallest absolute Gasteiger partial charge is 0.250 e. The van der Waals surface area contributed by atoms with Crippen LogP contribution in [0.2, 0.25) is 0 Å². The molecule has 1 unspecified atom stereocenters. The summed E-state index contributed by atoms with van der Waals surface area (Å²) >= 11 is 0. The van der Waals surface area contributed by atoms with E-state index in [1.807, 2.05) is 26.8 Å². The van der Waals surface area contributed by atoms with Crippen molar-refractivity contribution in [3.8, 4) is 0 Å². The van der Waals surface area contributed by atoms with Gasteiger partial charge >= 0.3 is 0 Å². The first kappa shape index (κ1) is 19.5. The molecule has 8 heteroatoms. The van der Waals surface area contributed by atoms with Gasteiger partial charge in [0.25, 0.3) is 5.91 Å². The molecule has 0 spiro atoms. The zero-order valence-electron chi connectivity index (χ0n) is 17.4. The van der Waals surface area contributed by atoms with Crippen molar-refractivity contribution in [1.29, 1.82) is 0 Å². The van der Waals surface area contributed by atoms with Crippen LogP contribution in [0, 0.1) is 0 Å². The van der Waals surface area contributed by atoms with Crippen LogP contribution >= 0.6 is 0 Å². The van der Waals surface area contributed by atoms with Gasteiger partial charge in [-0.2, -0.15) is 10.2 Å². The second-order valence-corrected chi connectivity index (χ2v) is 11.5. The van der Waals surface area contributed by atoms with Gasteiger partial charge in [-0.25, -0.2) is 8.42 Å². The highest BCUT2D eigenvalue weighted by molar-refractivity contribution is 7.92. The summed E-state index contributed by atoms with van der Waals surface area (Å²) in [7, 11) is -3.34. The Bertz CT molecular complexity index is 1140. The number of amides is 1. The minimum absolute atomic E-state index is 0.127. The number of nitrogens with zero attached hydrogens (tertiary/aromatic N) is 2. The third kappa shape index (κ3) is 2.69. The van der Waals surface area contributed by atoms with Crippen LogP contribution < -0.4 is 10.6 Å². The number of carbonyl (C=O) groups is 1. The lowest BCUT2D eigenvalue weighted by Gasteiger charge is -2.48. The van der Waals surface area contributed by atoms with Crippen molar-refractivity contribution < 1.29 is 13.2 Å². The average molecular weight is 427 g/mol. The van der Waals surface area contributed by atoms with E-state index in [2.05, 4.69) is 20.9 Å². The highest BCUT2D eigenvalue weighted by atomic mass is 32.2. The second kappa shape index (κ2) is 6.26. The van der Waals surface area contributed by atoms with Crippen molar-refractivity contribution in [2.45, 2.75) is 73.7 Å². The van der Waals surface area contributed by atoms with Crippen molar-refractivity contribution >= 4 is 15.7 Å². The maximum atomic E-state index is 13.4. The number of hydrogen-bond donors (Lipinski definition) is 2. The normalized spacial score (nSPS) is 29.6. The quantitative estimate of drug-likeness (QED) is 0.773. The molecular formula is C22H26N4O3S. The largest absolute Gasteiger partial charge is 0.362 e. The van der Waals surface area contributed by atoms with E-state index in [-0.39, 0.29) is 22.9 Å². The zero-order valence-corrected chi connectivity index (χ0v) is 18.2. The highest BCUT2D eigenvalue weighted by Gasteiger charge is 2.53. The molecule has 1 aromatic carbocycles. The fourth-order valence-corrected chi connectivity index (χ4v) is 6.82. The molecule has 3 aliphatic heterocycles. The van der Waals surface area contributed by atoms with E-state index in [0.29, 0.717) is 36.2 Å². The van der Waals surface area contributed by atoms with Crippen LogP contribution in [-0.2, 0) is 20.0 Å². The SMILES string of the molecule is CC[C@@]1(c2cccc(S(=O)(=O)C3CC3)c2)C2=CN=NC2NC2=C1C(=O)NC(C)(C)C2. The molecule has 0 bridgehead atoms. The average Bonchev–Trinajstić information content (AvgIpc) is 3.45. The van der Waals surface area contributed by atoms with Gasteiger partial charge in [0, 0.05) is 23.2 Å². The molecule has 1 aromatic rings. The third-order valence-corrected chi connectivity index (χ3v) is 8.91. The highest BCUT2D eigenvalue weighted by Crippen LogP contribution is 2.51. The van der Waals surface area contributed by atoms with Gasteiger partial charge < -0.3 is 10.6 Å². The number of hydrogen-bond acceptors (Lipinski definition) is 6. The van der Waals surface area contributed by atoms with E-state index < -0.39 is 15.3 Å².